The SMILES string of the molecule is CC(C)C(CC(=O)N1CCOCC1)c1ccc2c(c1)OCCO2. The van der Waals surface area contributed by atoms with Gasteiger partial charge < -0.3 is 19.1 Å². The highest BCUT2D eigenvalue weighted by molar-refractivity contribution is 5.77. The molecule has 2 aliphatic heterocycles. The Bertz CT molecular complexity index is 552. The van der Waals surface area contributed by atoms with Crippen LogP contribution >= 0.6 is 0 Å². The number of amides is 1. The highest BCUT2D eigenvalue weighted by Gasteiger charge is 2.25. The Kier molecular flexibility index (Phi) is 5.06. The maximum absolute atomic E-state index is 12.6. The van der Waals surface area contributed by atoms with Gasteiger partial charge in [0.15, 0.2) is 11.5 Å². The van der Waals surface area contributed by atoms with E-state index in [2.05, 4.69) is 19.9 Å². The van der Waals surface area contributed by atoms with Crippen LogP contribution in [0.15, 0.2) is 18.2 Å². The maximum atomic E-state index is 12.6. The maximum Gasteiger partial charge on any atom is 0.223 e. The molecule has 0 bridgehead atoms. The molecule has 0 saturated carbocycles. The van der Waals surface area contributed by atoms with Crippen LogP contribution in [0.1, 0.15) is 31.7 Å². The molecule has 0 aliphatic carbocycles. The van der Waals surface area contributed by atoms with Crippen molar-refractivity contribution in [2.45, 2.75) is 26.2 Å². The number of nitrogens with zero attached hydrogens (tertiary/aromatic N) is 1. The third kappa shape index (κ3) is 3.78. The molecular weight excluding hydrogens is 294 g/mol. The van der Waals surface area contributed by atoms with Crippen LogP contribution < -0.4 is 9.47 Å². The smallest absolute Gasteiger partial charge is 0.223 e. The molecule has 1 aromatic carbocycles. The highest BCUT2D eigenvalue weighted by atomic mass is 16.6. The molecule has 126 valence electrons. The van der Waals surface area contributed by atoms with Crippen LogP contribution in [0.2, 0.25) is 0 Å². The topological polar surface area (TPSA) is 48.0 Å². The van der Waals surface area contributed by atoms with Crippen molar-refractivity contribution in [3.63, 3.8) is 0 Å². The van der Waals surface area contributed by atoms with Crippen LogP contribution in [0, 0.1) is 5.92 Å². The van der Waals surface area contributed by atoms with Crippen molar-refractivity contribution in [1.29, 1.82) is 0 Å². The molecule has 1 atom stereocenters. The second kappa shape index (κ2) is 7.21. The molecule has 0 spiro atoms. The first-order valence-electron chi connectivity index (χ1n) is 8.40. The number of fused-ring (bicyclic) bond motifs is 1. The largest absolute Gasteiger partial charge is 0.486 e. The van der Waals surface area contributed by atoms with E-state index in [4.69, 9.17) is 14.2 Å². The minimum absolute atomic E-state index is 0.182. The summed E-state index contributed by atoms with van der Waals surface area (Å²) in [5.41, 5.74) is 1.14. The van der Waals surface area contributed by atoms with Crippen molar-refractivity contribution in [2.75, 3.05) is 39.5 Å². The molecular formula is C18H25NO4. The molecule has 3 rings (SSSR count). The molecule has 1 amide bonds. The van der Waals surface area contributed by atoms with Crippen LogP contribution in [0.5, 0.6) is 11.5 Å². The monoisotopic (exact) mass is 319 g/mol. The average Bonchev–Trinajstić information content (AvgIpc) is 2.59. The summed E-state index contributed by atoms with van der Waals surface area (Å²) in [7, 11) is 0. The predicted molar refractivity (Wildman–Crippen MR) is 87.0 cm³/mol. The summed E-state index contributed by atoms with van der Waals surface area (Å²) < 4.78 is 16.6. The molecule has 1 unspecified atom stereocenters. The molecule has 0 radical (unpaired) electrons. The molecule has 0 aromatic heterocycles. The van der Waals surface area contributed by atoms with Crippen molar-refractivity contribution in [3.8, 4) is 11.5 Å². The summed E-state index contributed by atoms with van der Waals surface area (Å²) >= 11 is 0. The molecule has 1 fully saturated rings. The zero-order valence-corrected chi connectivity index (χ0v) is 13.9. The highest BCUT2D eigenvalue weighted by Crippen LogP contribution is 2.36. The van der Waals surface area contributed by atoms with E-state index in [9.17, 15) is 4.79 Å². The number of hydrogen-bond acceptors (Lipinski definition) is 4. The summed E-state index contributed by atoms with van der Waals surface area (Å²) in [5.74, 6) is 2.35. The fraction of sp³-hybridized carbons (Fsp3) is 0.611. The Morgan fingerprint density at radius 2 is 1.78 bits per heavy atom. The van der Waals surface area contributed by atoms with Crippen LogP contribution in [-0.2, 0) is 9.53 Å². The minimum atomic E-state index is 0.182. The van der Waals surface area contributed by atoms with Gasteiger partial charge in [0.1, 0.15) is 13.2 Å². The fourth-order valence-corrected chi connectivity index (χ4v) is 3.16. The van der Waals surface area contributed by atoms with Gasteiger partial charge in [0.25, 0.3) is 0 Å². The van der Waals surface area contributed by atoms with Crippen LogP contribution in [-0.4, -0.2) is 50.3 Å². The van der Waals surface area contributed by atoms with Gasteiger partial charge in [0, 0.05) is 19.5 Å². The number of hydrogen-bond donors (Lipinski definition) is 0. The number of carbonyl (C=O) groups excluding carboxylic acids is 1. The van der Waals surface area contributed by atoms with E-state index in [1.165, 1.54) is 0 Å². The Morgan fingerprint density at radius 1 is 1.09 bits per heavy atom. The summed E-state index contributed by atoms with van der Waals surface area (Å²) in [6.45, 7) is 8.17. The lowest BCUT2D eigenvalue weighted by Gasteiger charge is -2.30. The summed E-state index contributed by atoms with van der Waals surface area (Å²) in [5, 5.41) is 0. The lowest BCUT2D eigenvalue weighted by atomic mass is 9.85. The number of rotatable bonds is 4. The molecule has 2 heterocycles. The molecule has 1 saturated heterocycles. The molecule has 0 N–H and O–H groups in total. The van der Waals surface area contributed by atoms with E-state index >= 15 is 0 Å². The van der Waals surface area contributed by atoms with E-state index in [0.717, 1.165) is 17.1 Å². The fourth-order valence-electron chi connectivity index (χ4n) is 3.16. The molecule has 2 aliphatic rings. The Morgan fingerprint density at radius 3 is 2.48 bits per heavy atom. The van der Waals surface area contributed by atoms with Gasteiger partial charge in [0.2, 0.25) is 5.91 Å². The van der Waals surface area contributed by atoms with Gasteiger partial charge in [-0.25, -0.2) is 0 Å². The lowest BCUT2D eigenvalue weighted by molar-refractivity contribution is -0.135. The van der Waals surface area contributed by atoms with E-state index < -0.39 is 0 Å². The normalized spacial score (nSPS) is 18.8. The summed E-state index contributed by atoms with van der Waals surface area (Å²) in [6.07, 6.45) is 0.525. The number of benzene rings is 1. The van der Waals surface area contributed by atoms with Crippen molar-refractivity contribution in [1.82, 2.24) is 4.90 Å². The van der Waals surface area contributed by atoms with Crippen molar-refractivity contribution in [3.05, 3.63) is 23.8 Å². The van der Waals surface area contributed by atoms with Crippen molar-refractivity contribution in [2.24, 2.45) is 5.92 Å². The zero-order chi connectivity index (χ0) is 16.2. The van der Waals surface area contributed by atoms with E-state index in [0.29, 0.717) is 51.9 Å². The Balaban J connectivity index is 1.74. The third-order valence-electron chi connectivity index (χ3n) is 4.56. The lowest BCUT2D eigenvalue weighted by Crippen LogP contribution is -2.41. The predicted octanol–water partition coefficient (Wildman–Crippen LogP) is 2.45. The first kappa shape index (κ1) is 16.1. The van der Waals surface area contributed by atoms with Crippen LogP contribution in [0.25, 0.3) is 0 Å². The van der Waals surface area contributed by atoms with Crippen LogP contribution in [0.4, 0.5) is 0 Å². The van der Waals surface area contributed by atoms with Crippen molar-refractivity contribution < 1.29 is 19.0 Å². The van der Waals surface area contributed by atoms with E-state index in [1.54, 1.807) is 0 Å². The van der Waals surface area contributed by atoms with Gasteiger partial charge in [-0.1, -0.05) is 19.9 Å². The Labute approximate surface area is 137 Å². The van der Waals surface area contributed by atoms with Gasteiger partial charge in [-0.05, 0) is 29.5 Å². The summed E-state index contributed by atoms with van der Waals surface area (Å²) in [4.78, 5) is 14.5. The van der Waals surface area contributed by atoms with E-state index in [-0.39, 0.29) is 11.8 Å². The second-order valence-corrected chi connectivity index (χ2v) is 6.45. The standard InChI is InChI=1S/C18H25NO4/c1-13(2)15(12-18(20)19-5-7-21-8-6-19)14-3-4-16-17(11-14)23-10-9-22-16/h3-4,11,13,15H,5-10,12H2,1-2H3. The van der Waals surface area contributed by atoms with Gasteiger partial charge >= 0.3 is 0 Å². The van der Waals surface area contributed by atoms with Gasteiger partial charge in [0.05, 0.1) is 13.2 Å². The molecule has 5 nitrogen and oxygen atoms in total. The van der Waals surface area contributed by atoms with Gasteiger partial charge in [-0.3, -0.25) is 4.79 Å². The minimum Gasteiger partial charge on any atom is -0.486 e. The summed E-state index contributed by atoms with van der Waals surface area (Å²) in [6, 6.07) is 6.05. The van der Waals surface area contributed by atoms with Gasteiger partial charge in [-0.2, -0.15) is 0 Å². The van der Waals surface area contributed by atoms with E-state index in [1.807, 2.05) is 17.0 Å². The van der Waals surface area contributed by atoms with Gasteiger partial charge in [-0.15, -0.1) is 0 Å². The molecule has 5 heteroatoms. The number of morpholine rings is 1. The zero-order valence-electron chi connectivity index (χ0n) is 13.9. The van der Waals surface area contributed by atoms with Crippen molar-refractivity contribution >= 4 is 5.91 Å². The quantitative estimate of drug-likeness (QED) is 0.855. The second-order valence-electron chi connectivity index (χ2n) is 6.45. The number of ether oxygens (including phenoxy) is 3. The molecule has 1 aromatic rings. The van der Waals surface area contributed by atoms with Crippen LogP contribution in [0.3, 0.4) is 0 Å². The third-order valence-corrected chi connectivity index (χ3v) is 4.56. The Hall–Kier alpha value is -1.75. The average molecular weight is 319 g/mol. The molecule has 23 heavy (non-hydrogen) atoms. The first-order valence-corrected chi connectivity index (χ1v) is 8.40. The number of carbonyl (C=O) groups is 1. The first-order chi connectivity index (χ1) is 11.1.